The van der Waals surface area contributed by atoms with Crippen molar-refractivity contribution in [3.8, 4) is 11.8 Å². The standard InChI is InChI=1S/C13H14N2O4S/c1-20(17,18)14-8-2-3-11-4-6-12(7-5-11)15-9-10-19-13(15)16/h4-7,14H,8-10H2,1H3. The normalized spacial score (nSPS) is 14.7. The molecule has 6 nitrogen and oxygen atoms in total. The quantitative estimate of drug-likeness (QED) is 0.826. The molecule has 1 fully saturated rings. The molecule has 0 aromatic heterocycles. The average molecular weight is 294 g/mol. The molecular weight excluding hydrogens is 280 g/mol. The first-order valence-corrected chi connectivity index (χ1v) is 7.83. The SMILES string of the molecule is CS(=O)(=O)NCC#Cc1ccc(N2CCOC2=O)cc1. The summed E-state index contributed by atoms with van der Waals surface area (Å²) in [5, 5.41) is 0. The van der Waals surface area contributed by atoms with Crippen LogP contribution in [-0.4, -0.2) is 40.5 Å². The van der Waals surface area contributed by atoms with E-state index in [2.05, 4.69) is 16.6 Å². The first kappa shape index (κ1) is 14.4. The Morgan fingerprint density at radius 3 is 2.60 bits per heavy atom. The average Bonchev–Trinajstić information content (AvgIpc) is 2.81. The van der Waals surface area contributed by atoms with Gasteiger partial charge in [-0.05, 0) is 24.3 Å². The van der Waals surface area contributed by atoms with E-state index in [0.717, 1.165) is 17.5 Å². The van der Waals surface area contributed by atoms with E-state index in [1.807, 2.05) is 0 Å². The fourth-order valence-electron chi connectivity index (χ4n) is 1.67. The van der Waals surface area contributed by atoms with Gasteiger partial charge in [0.15, 0.2) is 0 Å². The molecule has 7 heteroatoms. The van der Waals surface area contributed by atoms with E-state index in [1.165, 1.54) is 0 Å². The molecule has 0 radical (unpaired) electrons. The van der Waals surface area contributed by atoms with Crippen LogP contribution in [0.3, 0.4) is 0 Å². The molecule has 0 aliphatic carbocycles. The van der Waals surface area contributed by atoms with Crippen LogP contribution in [0.2, 0.25) is 0 Å². The minimum absolute atomic E-state index is 0.0685. The summed E-state index contributed by atoms with van der Waals surface area (Å²) in [6, 6.07) is 7.10. The van der Waals surface area contributed by atoms with Crippen molar-refractivity contribution in [2.24, 2.45) is 0 Å². The van der Waals surface area contributed by atoms with Gasteiger partial charge in [0.1, 0.15) is 6.61 Å². The molecule has 1 aliphatic heterocycles. The van der Waals surface area contributed by atoms with Gasteiger partial charge in [0, 0.05) is 11.3 Å². The summed E-state index contributed by atoms with van der Waals surface area (Å²) in [5.74, 6) is 5.55. The van der Waals surface area contributed by atoms with Crippen LogP contribution in [0.15, 0.2) is 24.3 Å². The first-order valence-electron chi connectivity index (χ1n) is 5.93. The number of ether oxygens (including phenoxy) is 1. The summed E-state index contributed by atoms with van der Waals surface area (Å²) in [7, 11) is -3.21. The Morgan fingerprint density at radius 1 is 1.35 bits per heavy atom. The summed E-state index contributed by atoms with van der Waals surface area (Å²) in [6.07, 6.45) is 0.736. The van der Waals surface area contributed by atoms with E-state index in [9.17, 15) is 13.2 Å². The maximum Gasteiger partial charge on any atom is 0.414 e. The van der Waals surface area contributed by atoms with Gasteiger partial charge in [-0.3, -0.25) is 4.90 Å². The third-order valence-corrected chi connectivity index (χ3v) is 3.26. The number of anilines is 1. The molecule has 1 N–H and O–H groups in total. The number of hydrogen-bond acceptors (Lipinski definition) is 4. The molecule has 0 atom stereocenters. The van der Waals surface area contributed by atoms with Crippen LogP contribution < -0.4 is 9.62 Å². The monoisotopic (exact) mass is 294 g/mol. The number of carbonyl (C=O) groups excluding carboxylic acids is 1. The van der Waals surface area contributed by atoms with Crippen molar-refractivity contribution >= 4 is 21.8 Å². The van der Waals surface area contributed by atoms with Gasteiger partial charge in [0.25, 0.3) is 0 Å². The van der Waals surface area contributed by atoms with E-state index < -0.39 is 10.0 Å². The second kappa shape index (κ2) is 5.94. The van der Waals surface area contributed by atoms with Gasteiger partial charge in [0.2, 0.25) is 10.0 Å². The predicted octanol–water partition coefficient (Wildman–Crippen LogP) is 0.544. The Morgan fingerprint density at radius 2 is 2.05 bits per heavy atom. The van der Waals surface area contributed by atoms with Gasteiger partial charge in [-0.1, -0.05) is 11.8 Å². The van der Waals surface area contributed by atoms with Gasteiger partial charge in [-0.15, -0.1) is 0 Å². The minimum atomic E-state index is -3.21. The van der Waals surface area contributed by atoms with Crippen molar-refractivity contribution in [1.82, 2.24) is 4.72 Å². The van der Waals surface area contributed by atoms with Crippen LogP contribution in [0.1, 0.15) is 5.56 Å². The highest BCUT2D eigenvalue weighted by Gasteiger charge is 2.22. The smallest absolute Gasteiger partial charge is 0.414 e. The van der Waals surface area contributed by atoms with E-state index in [1.54, 1.807) is 29.2 Å². The van der Waals surface area contributed by atoms with Crippen molar-refractivity contribution < 1.29 is 17.9 Å². The lowest BCUT2D eigenvalue weighted by molar-refractivity contribution is 0.181. The van der Waals surface area contributed by atoms with E-state index >= 15 is 0 Å². The first-order chi connectivity index (χ1) is 9.46. The molecule has 2 rings (SSSR count). The molecule has 1 saturated heterocycles. The lowest BCUT2D eigenvalue weighted by Gasteiger charge is -2.11. The second-order valence-corrected chi connectivity index (χ2v) is 6.04. The van der Waals surface area contributed by atoms with Gasteiger partial charge >= 0.3 is 6.09 Å². The number of amides is 1. The number of nitrogens with one attached hydrogen (secondary N) is 1. The van der Waals surface area contributed by atoms with E-state index in [-0.39, 0.29) is 12.6 Å². The Hall–Kier alpha value is -2.04. The van der Waals surface area contributed by atoms with Crippen LogP contribution in [0.5, 0.6) is 0 Å². The van der Waals surface area contributed by atoms with Crippen molar-refractivity contribution in [3.05, 3.63) is 29.8 Å². The molecule has 1 aliphatic rings. The van der Waals surface area contributed by atoms with Crippen LogP contribution in [0.25, 0.3) is 0 Å². The third kappa shape index (κ3) is 3.98. The number of sulfonamides is 1. The molecule has 0 bridgehead atoms. The summed E-state index contributed by atoms with van der Waals surface area (Å²) in [4.78, 5) is 12.9. The maximum absolute atomic E-state index is 11.4. The number of carbonyl (C=O) groups is 1. The number of cyclic esters (lactones) is 1. The maximum atomic E-state index is 11.4. The predicted molar refractivity (Wildman–Crippen MR) is 74.9 cm³/mol. The van der Waals surface area contributed by atoms with E-state index in [4.69, 9.17) is 4.74 Å². The highest BCUT2D eigenvalue weighted by atomic mass is 32.2. The lowest BCUT2D eigenvalue weighted by atomic mass is 10.2. The van der Waals surface area contributed by atoms with Crippen molar-refractivity contribution in [2.75, 3.05) is 30.9 Å². The Bertz CT molecular complexity index is 656. The molecule has 1 amide bonds. The topological polar surface area (TPSA) is 75.7 Å². The van der Waals surface area contributed by atoms with Crippen LogP contribution in [0.4, 0.5) is 10.5 Å². The zero-order valence-corrected chi connectivity index (χ0v) is 11.7. The van der Waals surface area contributed by atoms with Crippen molar-refractivity contribution in [1.29, 1.82) is 0 Å². The fourth-order valence-corrected chi connectivity index (χ4v) is 2.00. The summed E-state index contributed by atoms with van der Waals surface area (Å²) >= 11 is 0. The highest BCUT2D eigenvalue weighted by Crippen LogP contribution is 2.18. The van der Waals surface area contributed by atoms with Gasteiger partial charge in [-0.2, -0.15) is 0 Å². The molecule has 0 saturated carbocycles. The number of benzene rings is 1. The summed E-state index contributed by atoms with van der Waals surface area (Å²) in [5.41, 5.74) is 1.50. The largest absolute Gasteiger partial charge is 0.447 e. The molecule has 1 aromatic carbocycles. The van der Waals surface area contributed by atoms with Gasteiger partial charge in [-0.25, -0.2) is 17.9 Å². The number of nitrogens with zero attached hydrogens (tertiary/aromatic N) is 1. The summed E-state index contributed by atoms with van der Waals surface area (Å²) < 4.78 is 28.8. The molecule has 1 heterocycles. The Kier molecular flexibility index (Phi) is 4.27. The van der Waals surface area contributed by atoms with Crippen LogP contribution >= 0.6 is 0 Å². The summed E-state index contributed by atoms with van der Waals surface area (Å²) in [6.45, 7) is 1.01. The number of rotatable bonds is 3. The van der Waals surface area contributed by atoms with Crippen LogP contribution in [0, 0.1) is 11.8 Å². The minimum Gasteiger partial charge on any atom is -0.447 e. The molecule has 0 unspecified atom stereocenters. The Balaban J connectivity index is 1.98. The van der Waals surface area contributed by atoms with Crippen molar-refractivity contribution in [3.63, 3.8) is 0 Å². The zero-order valence-electron chi connectivity index (χ0n) is 10.9. The lowest BCUT2D eigenvalue weighted by Crippen LogP contribution is -2.23. The molecule has 0 spiro atoms. The van der Waals surface area contributed by atoms with Crippen LogP contribution in [-0.2, 0) is 14.8 Å². The zero-order chi connectivity index (χ0) is 14.6. The molecule has 20 heavy (non-hydrogen) atoms. The third-order valence-electron chi connectivity index (χ3n) is 2.60. The molecule has 1 aromatic rings. The number of hydrogen-bond donors (Lipinski definition) is 1. The molecule has 106 valence electrons. The van der Waals surface area contributed by atoms with E-state index in [0.29, 0.717) is 13.2 Å². The molecular formula is C13H14N2O4S. The van der Waals surface area contributed by atoms with Gasteiger partial charge in [0.05, 0.1) is 19.3 Å². The fraction of sp³-hybridized carbons (Fsp3) is 0.308. The highest BCUT2D eigenvalue weighted by molar-refractivity contribution is 7.88. The Labute approximate surface area is 117 Å². The van der Waals surface area contributed by atoms with Gasteiger partial charge < -0.3 is 4.74 Å². The van der Waals surface area contributed by atoms with Crippen molar-refractivity contribution in [2.45, 2.75) is 0 Å². The second-order valence-electron chi connectivity index (χ2n) is 4.21.